The molecule has 0 radical (unpaired) electrons. The molecule has 7 nitrogen and oxygen atoms in total. The first-order valence-electron chi connectivity index (χ1n) is 18.4. The van der Waals surface area contributed by atoms with Crippen LogP contribution in [0.4, 0.5) is 4.79 Å². The van der Waals surface area contributed by atoms with E-state index < -0.39 is 32.5 Å². The minimum atomic E-state index is -2.95. The van der Waals surface area contributed by atoms with Gasteiger partial charge in [-0.05, 0) is 57.6 Å². The van der Waals surface area contributed by atoms with Crippen LogP contribution < -0.4 is 15.7 Å². The molecule has 0 bridgehead atoms. The fourth-order valence-corrected chi connectivity index (χ4v) is 12.2. The number of fused-ring (bicyclic) bond motifs is 3. The van der Waals surface area contributed by atoms with Crippen LogP contribution in [0.5, 0.6) is 0 Å². The fourth-order valence-electron chi connectivity index (χ4n) is 7.56. The number of aliphatic carboxylic acids is 1. The first-order valence-corrected chi connectivity index (χ1v) is 20.3. The van der Waals surface area contributed by atoms with E-state index >= 15 is 0 Å². The summed E-state index contributed by atoms with van der Waals surface area (Å²) in [4.78, 5) is 28.1. The van der Waals surface area contributed by atoms with E-state index in [0.29, 0.717) is 13.1 Å². The van der Waals surface area contributed by atoms with E-state index in [9.17, 15) is 14.7 Å². The minimum Gasteiger partial charge on any atom is -0.480 e. The van der Waals surface area contributed by atoms with Crippen LogP contribution in [0.15, 0.2) is 109 Å². The molecule has 2 N–H and O–H groups in total. The first kappa shape index (κ1) is 38.0. The van der Waals surface area contributed by atoms with Crippen LogP contribution >= 0.6 is 0 Å². The Morgan fingerprint density at radius 3 is 1.84 bits per heavy atom. The third-order valence-corrected chi connectivity index (χ3v) is 15.2. The maximum absolute atomic E-state index is 13.8. The van der Waals surface area contributed by atoms with Crippen molar-refractivity contribution >= 4 is 30.8 Å². The standard InChI is InChI=1S/C43H54N2O5Si/c1-6-7-8-19-28-45(32(2)41(46)47)29-33(30-50-51(43(3,4)5,34-20-11-9-12-21-34)35-22-13-10-14-23-35)44-42(48)49-31-40-38-26-17-15-24-36(38)37-25-16-18-27-39(37)40/h9-18,20-27,32-33,40H,6-8,19,28-31H2,1-5H3,(H,44,48)(H,46,47)/t32-,33-/m0/s1. The molecule has 2 atom stereocenters. The number of hydrogen-bond acceptors (Lipinski definition) is 5. The number of alkyl carbamates (subject to hydrolysis) is 1. The van der Waals surface area contributed by atoms with Crippen molar-refractivity contribution in [2.75, 3.05) is 26.3 Å². The third-order valence-electron chi connectivity index (χ3n) is 10.2. The lowest BCUT2D eigenvalue weighted by molar-refractivity contribution is -0.142. The zero-order valence-corrected chi connectivity index (χ0v) is 31.8. The average Bonchev–Trinajstić information content (AvgIpc) is 3.45. The molecule has 1 aliphatic carbocycles. The number of hydrogen-bond donors (Lipinski definition) is 2. The van der Waals surface area contributed by atoms with Crippen LogP contribution in [-0.4, -0.2) is 68.8 Å². The lowest BCUT2D eigenvalue weighted by Gasteiger charge is -2.44. The first-order chi connectivity index (χ1) is 24.6. The Kier molecular flexibility index (Phi) is 12.9. The third kappa shape index (κ3) is 8.80. The molecule has 1 aliphatic rings. The van der Waals surface area contributed by atoms with Gasteiger partial charge in [-0.3, -0.25) is 9.69 Å². The van der Waals surface area contributed by atoms with Gasteiger partial charge in [-0.2, -0.15) is 0 Å². The maximum Gasteiger partial charge on any atom is 0.407 e. The van der Waals surface area contributed by atoms with E-state index in [2.05, 4.69) is 81.5 Å². The van der Waals surface area contributed by atoms with Crippen molar-refractivity contribution in [2.24, 2.45) is 0 Å². The molecule has 5 rings (SSSR count). The Morgan fingerprint density at radius 1 is 0.804 bits per heavy atom. The maximum atomic E-state index is 13.8. The molecular weight excluding hydrogens is 653 g/mol. The summed E-state index contributed by atoms with van der Waals surface area (Å²) in [6.45, 7) is 11.8. The molecule has 0 spiro atoms. The predicted octanol–water partition coefficient (Wildman–Crippen LogP) is 7.83. The van der Waals surface area contributed by atoms with E-state index in [1.54, 1.807) is 6.92 Å². The summed E-state index contributed by atoms with van der Waals surface area (Å²) < 4.78 is 13.3. The topological polar surface area (TPSA) is 88.1 Å². The lowest BCUT2D eigenvalue weighted by atomic mass is 9.98. The van der Waals surface area contributed by atoms with Crippen molar-refractivity contribution in [3.8, 4) is 11.1 Å². The Labute approximate surface area is 305 Å². The van der Waals surface area contributed by atoms with Crippen molar-refractivity contribution in [1.29, 1.82) is 0 Å². The Bertz CT molecular complexity index is 1640. The molecule has 0 aliphatic heterocycles. The number of nitrogens with one attached hydrogen (secondary N) is 1. The number of carboxylic acid groups (broad SMARTS) is 1. The number of carbonyl (C=O) groups is 2. The number of nitrogens with zero attached hydrogens (tertiary/aromatic N) is 1. The highest BCUT2D eigenvalue weighted by molar-refractivity contribution is 6.99. The molecule has 0 fully saturated rings. The number of rotatable bonds is 17. The summed E-state index contributed by atoms with van der Waals surface area (Å²) in [5.41, 5.74) is 4.62. The molecule has 0 saturated heterocycles. The number of amides is 1. The SMILES string of the molecule is CCCCCCN(C[C@@H](CO[Si](c1ccccc1)(c1ccccc1)C(C)(C)C)NC(=O)OCC1c2ccccc2-c2ccccc21)[C@@H](C)C(=O)O. The number of carboxylic acids is 1. The zero-order valence-electron chi connectivity index (χ0n) is 30.8. The smallest absolute Gasteiger partial charge is 0.407 e. The molecule has 4 aromatic carbocycles. The monoisotopic (exact) mass is 706 g/mol. The molecule has 0 aromatic heterocycles. The lowest BCUT2D eigenvalue weighted by Crippen LogP contribution is -2.67. The zero-order chi connectivity index (χ0) is 36.4. The van der Waals surface area contributed by atoms with Gasteiger partial charge in [-0.15, -0.1) is 0 Å². The molecule has 0 heterocycles. The van der Waals surface area contributed by atoms with Crippen LogP contribution in [-0.2, 0) is 14.0 Å². The van der Waals surface area contributed by atoms with Gasteiger partial charge in [0.25, 0.3) is 8.32 Å². The highest BCUT2D eigenvalue weighted by Gasteiger charge is 2.50. The van der Waals surface area contributed by atoms with Crippen molar-refractivity contribution in [3.63, 3.8) is 0 Å². The van der Waals surface area contributed by atoms with Gasteiger partial charge in [0.1, 0.15) is 12.6 Å². The summed E-state index contributed by atoms with van der Waals surface area (Å²) in [7, 11) is -2.95. The van der Waals surface area contributed by atoms with E-state index in [0.717, 1.165) is 47.2 Å². The molecule has 51 heavy (non-hydrogen) atoms. The van der Waals surface area contributed by atoms with Gasteiger partial charge in [0.15, 0.2) is 0 Å². The number of unbranched alkanes of at least 4 members (excludes halogenated alkanes) is 3. The van der Waals surface area contributed by atoms with Gasteiger partial charge in [0.2, 0.25) is 0 Å². The second-order valence-electron chi connectivity index (χ2n) is 14.7. The van der Waals surface area contributed by atoms with Gasteiger partial charge < -0.3 is 19.6 Å². The Hall–Kier alpha value is -4.24. The van der Waals surface area contributed by atoms with Gasteiger partial charge in [0, 0.05) is 12.5 Å². The van der Waals surface area contributed by atoms with Gasteiger partial charge in [0.05, 0.1) is 12.6 Å². The number of carbonyl (C=O) groups excluding carboxylic acids is 1. The summed E-state index contributed by atoms with van der Waals surface area (Å²) >= 11 is 0. The summed E-state index contributed by atoms with van der Waals surface area (Å²) in [5, 5.41) is 15.3. The average molecular weight is 707 g/mol. The van der Waals surface area contributed by atoms with E-state index in [1.165, 1.54) is 11.1 Å². The van der Waals surface area contributed by atoms with Crippen molar-refractivity contribution in [1.82, 2.24) is 10.2 Å². The quantitative estimate of drug-likeness (QED) is 0.0860. The Morgan fingerprint density at radius 2 is 1.33 bits per heavy atom. The van der Waals surface area contributed by atoms with Crippen molar-refractivity contribution < 1.29 is 23.9 Å². The van der Waals surface area contributed by atoms with Gasteiger partial charge in [-0.25, -0.2) is 4.79 Å². The van der Waals surface area contributed by atoms with Gasteiger partial charge >= 0.3 is 12.1 Å². The summed E-state index contributed by atoms with van der Waals surface area (Å²) in [6.07, 6.45) is 3.53. The van der Waals surface area contributed by atoms with E-state index in [4.69, 9.17) is 9.16 Å². The number of ether oxygens (including phenoxy) is 1. The highest BCUT2D eigenvalue weighted by Crippen LogP contribution is 2.44. The number of benzene rings is 4. The van der Waals surface area contributed by atoms with Crippen LogP contribution in [0.2, 0.25) is 5.04 Å². The van der Waals surface area contributed by atoms with Crippen molar-refractivity contribution in [3.05, 3.63) is 120 Å². The minimum absolute atomic E-state index is 0.0722. The van der Waals surface area contributed by atoms with Crippen LogP contribution in [0, 0.1) is 0 Å². The van der Waals surface area contributed by atoms with E-state index in [-0.39, 0.29) is 24.2 Å². The molecule has 8 heteroatoms. The highest BCUT2D eigenvalue weighted by atomic mass is 28.4. The summed E-state index contributed by atoms with van der Waals surface area (Å²) in [5.74, 6) is -0.963. The largest absolute Gasteiger partial charge is 0.480 e. The van der Waals surface area contributed by atoms with Crippen molar-refractivity contribution in [2.45, 2.75) is 83.3 Å². The Balaban J connectivity index is 1.43. The second-order valence-corrected chi connectivity index (χ2v) is 19.0. The molecule has 1 amide bonds. The van der Waals surface area contributed by atoms with Crippen LogP contribution in [0.1, 0.15) is 77.3 Å². The predicted molar refractivity (Wildman–Crippen MR) is 208 cm³/mol. The molecule has 0 saturated carbocycles. The second kappa shape index (κ2) is 17.3. The van der Waals surface area contributed by atoms with Crippen LogP contribution in [0.3, 0.4) is 0 Å². The van der Waals surface area contributed by atoms with Gasteiger partial charge in [-0.1, -0.05) is 156 Å². The molecular formula is C43H54N2O5Si. The van der Waals surface area contributed by atoms with Crippen LogP contribution in [0.25, 0.3) is 11.1 Å². The fraction of sp³-hybridized carbons (Fsp3) is 0.395. The normalized spacial score (nSPS) is 14.1. The molecule has 0 unspecified atom stereocenters. The molecule has 4 aromatic rings. The van der Waals surface area contributed by atoms with E-state index in [1.807, 2.05) is 65.6 Å². The summed E-state index contributed by atoms with van der Waals surface area (Å²) in [6, 6.07) is 36.1. The molecule has 270 valence electrons.